The van der Waals surface area contributed by atoms with Crippen molar-refractivity contribution in [2.45, 2.75) is 20.3 Å². The third-order valence-electron chi connectivity index (χ3n) is 4.24. The molecule has 2 heteroatoms. The molecule has 3 rings (SSSR count). The van der Waals surface area contributed by atoms with E-state index in [1.165, 1.54) is 29.2 Å². The van der Waals surface area contributed by atoms with E-state index in [-0.39, 0.29) is 5.97 Å². The normalized spacial score (nSPS) is 11.6. The predicted octanol–water partition coefficient (Wildman–Crippen LogP) is 5.98. The molecular formula is C24H22O2. The number of hydrogen-bond donors (Lipinski definition) is 0. The standard InChI is InChI=1S/C24H22O2/c1-3-23(19-10-6-4-7-11-19)24(20-12-8-5-9-13-20)21-14-16-22(17-15-21)26-18(2)25/h4-17H,3H2,1-2H3. The lowest BCUT2D eigenvalue weighted by Gasteiger charge is -2.16. The summed E-state index contributed by atoms with van der Waals surface area (Å²) in [6.45, 7) is 3.59. The van der Waals surface area contributed by atoms with Gasteiger partial charge in [-0.3, -0.25) is 4.79 Å². The fourth-order valence-electron chi connectivity index (χ4n) is 3.14. The Morgan fingerprint density at radius 2 is 1.23 bits per heavy atom. The molecule has 0 amide bonds. The summed E-state index contributed by atoms with van der Waals surface area (Å²) in [5.41, 5.74) is 5.99. The molecule has 26 heavy (non-hydrogen) atoms. The van der Waals surface area contributed by atoms with Gasteiger partial charge in [0.05, 0.1) is 0 Å². The number of carbonyl (C=O) groups excluding carboxylic acids is 1. The molecule has 0 bridgehead atoms. The molecule has 2 nitrogen and oxygen atoms in total. The number of esters is 1. The van der Waals surface area contributed by atoms with Crippen molar-refractivity contribution < 1.29 is 9.53 Å². The fraction of sp³-hybridized carbons (Fsp3) is 0.125. The van der Waals surface area contributed by atoms with E-state index in [0.29, 0.717) is 5.75 Å². The molecule has 0 spiro atoms. The van der Waals surface area contributed by atoms with E-state index in [1.807, 2.05) is 36.4 Å². The van der Waals surface area contributed by atoms with Crippen LogP contribution in [0.2, 0.25) is 0 Å². The number of ether oxygens (including phenoxy) is 1. The summed E-state index contributed by atoms with van der Waals surface area (Å²) in [5, 5.41) is 0. The maximum Gasteiger partial charge on any atom is 0.308 e. The van der Waals surface area contributed by atoms with Crippen molar-refractivity contribution in [1.82, 2.24) is 0 Å². The van der Waals surface area contributed by atoms with Gasteiger partial charge in [-0.25, -0.2) is 0 Å². The predicted molar refractivity (Wildman–Crippen MR) is 107 cm³/mol. The molecule has 0 heterocycles. The van der Waals surface area contributed by atoms with Gasteiger partial charge >= 0.3 is 5.97 Å². The van der Waals surface area contributed by atoms with E-state index in [2.05, 4.69) is 55.5 Å². The topological polar surface area (TPSA) is 26.3 Å². The SMILES string of the molecule is CCC(=C(c1ccccc1)c1ccc(OC(C)=O)cc1)c1ccccc1. The van der Waals surface area contributed by atoms with Crippen LogP contribution in [0.4, 0.5) is 0 Å². The van der Waals surface area contributed by atoms with Crippen molar-refractivity contribution in [2.24, 2.45) is 0 Å². The Hall–Kier alpha value is -3.13. The average Bonchev–Trinajstić information content (AvgIpc) is 2.68. The Morgan fingerprint density at radius 3 is 1.73 bits per heavy atom. The van der Waals surface area contributed by atoms with Crippen molar-refractivity contribution in [1.29, 1.82) is 0 Å². The minimum atomic E-state index is -0.310. The molecule has 0 unspecified atom stereocenters. The minimum Gasteiger partial charge on any atom is -0.427 e. The molecule has 0 radical (unpaired) electrons. The molecule has 3 aromatic rings. The molecule has 0 saturated heterocycles. The van der Waals surface area contributed by atoms with Crippen LogP contribution >= 0.6 is 0 Å². The van der Waals surface area contributed by atoms with Crippen molar-refractivity contribution in [3.63, 3.8) is 0 Å². The second kappa shape index (κ2) is 8.30. The second-order valence-electron chi connectivity index (χ2n) is 6.06. The third-order valence-corrected chi connectivity index (χ3v) is 4.24. The monoisotopic (exact) mass is 342 g/mol. The zero-order chi connectivity index (χ0) is 18.4. The van der Waals surface area contributed by atoms with E-state index >= 15 is 0 Å². The Labute approximate surface area is 154 Å². The average molecular weight is 342 g/mol. The molecule has 130 valence electrons. The highest BCUT2D eigenvalue weighted by atomic mass is 16.5. The lowest BCUT2D eigenvalue weighted by atomic mass is 9.88. The highest BCUT2D eigenvalue weighted by molar-refractivity contribution is 5.98. The van der Waals surface area contributed by atoms with Crippen LogP contribution in [0.5, 0.6) is 5.75 Å². The van der Waals surface area contributed by atoms with Crippen LogP contribution in [0.1, 0.15) is 37.0 Å². The van der Waals surface area contributed by atoms with Gasteiger partial charge in [0, 0.05) is 6.92 Å². The Balaban J connectivity index is 2.16. The minimum absolute atomic E-state index is 0.310. The molecule has 0 N–H and O–H groups in total. The van der Waals surface area contributed by atoms with Crippen LogP contribution < -0.4 is 4.74 Å². The van der Waals surface area contributed by atoms with Crippen LogP contribution in [0.25, 0.3) is 11.1 Å². The first-order valence-electron chi connectivity index (χ1n) is 8.82. The first kappa shape index (κ1) is 17.7. The fourth-order valence-corrected chi connectivity index (χ4v) is 3.14. The van der Waals surface area contributed by atoms with Gasteiger partial charge in [-0.2, -0.15) is 0 Å². The zero-order valence-corrected chi connectivity index (χ0v) is 15.1. The lowest BCUT2D eigenvalue weighted by Crippen LogP contribution is -2.01. The van der Waals surface area contributed by atoms with Crippen LogP contribution in [0, 0.1) is 0 Å². The highest BCUT2D eigenvalue weighted by Gasteiger charge is 2.13. The smallest absolute Gasteiger partial charge is 0.308 e. The summed E-state index contributed by atoms with van der Waals surface area (Å²) >= 11 is 0. The van der Waals surface area contributed by atoms with Crippen LogP contribution in [0.3, 0.4) is 0 Å². The molecule has 0 aliphatic heterocycles. The summed E-state index contributed by atoms with van der Waals surface area (Å²) in [7, 11) is 0. The van der Waals surface area contributed by atoms with Gasteiger partial charge in [0.15, 0.2) is 0 Å². The van der Waals surface area contributed by atoms with Gasteiger partial charge in [0.2, 0.25) is 0 Å². The van der Waals surface area contributed by atoms with Crippen LogP contribution in [-0.2, 0) is 4.79 Å². The molecule has 0 fully saturated rings. The molecular weight excluding hydrogens is 320 g/mol. The highest BCUT2D eigenvalue weighted by Crippen LogP contribution is 2.34. The first-order valence-corrected chi connectivity index (χ1v) is 8.82. The van der Waals surface area contributed by atoms with Gasteiger partial charge in [0.1, 0.15) is 5.75 Å². The van der Waals surface area contributed by atoms with Crippen LogP contribution in [0.15, 0.2) is 84.9 Å². The van der Waals surface area contributed by atoms with E-state index in [0.717, 1.165) is 12.0 Å². The van der Waals surface area contributed by atoms with E-state index in [9.17, 15) is 4.79 Å². The van der Waals surface area contributed by atoms with Gasteiger partial charge in [-0.15, -0.1) is 0 Å². The quantitative estimate of drug-likeness (QED) is 0.324. The Bertz CT molecular complexity index is 892. The summed E-state index contributed by atoms with van der Waals surface area (Å²) in [6, 6.07) is 28.6. The van der Waals surface area contributed by atoms with Crippen LogP contribution in [-0.4, -0.2) is 5.97 Å². The molecule has 0 aliphatic carbocycles. The largest absolute Gasteiger partial charge is 0.427 e. The van der Waals surface area contributed by atoms with Crippen molar-refractivity contribution in [2.75, 3.05) is 0 Å². The van der Waals surface area contributed by atoms with Crippen molar-refractivity contribution in [3.05, 3.63) is 102 Å². The number of allylic oxidation sites excluding steroid dienone is 1. The van der Waals surface area contributed by atoms with E-state index in [4.69, 9.17) is 4.74 Å². The number of carbonyl (C=O) groups is 1. The molecule has 3 aromatic carbocycles. The van der Waals surface area contributed by atoms with Crippen molar-refractivity contribution in [3.8, 4) is 5.75 Å². The number of rotatable bonds is 5. The number of hydrogen-bond acceptors (Lipinski definition) is 2. The summed E-state index contributed by atoms with van der Waals surface area (Å²) in [6.07, 6.45) is 0.917. The third kappa shape index (κ3) is 4.09. The van der Waals surface area contributed by atoms with Gasteiger partial charge in [0.25, 0.3) is 0 Å². The second-order valence-corrected chi connectivity index (χ2v) is 6.06. The summed E-state index contributed by atoms with van der Waals surface area (Å²) in [4.78, 5) is 11.2. The summed E-state index contributed by atoms with van der Waals surface area (Å²) < 4.78 is 5.17. The Kier molecular flexibility index (Phi) is 5.65. The van der Waals surface area contributed by atoms with Gasteiger partial charge < -0.3 is 4.74 Å². The first-order chi connectivity index (χ1) is 12.7. The maximum absolute atomic E-state index is 11.2. The zero-order valence-electron chi connectivity index (χ0n) is 15.1. The number of benzene rings is 3. The van der Waals surface area contributed by atoms with Gasteiger partial charge in [-0.05, 0) is 46.4 Å². The van der Waals surface area contributed by atoms with Gasteiger partial charge in [-0.1, -0.05) is 79.7 Å². The molecule has 0 aliphatic rings. The molecule has 0 saturated carbocycles. The lowest BCUT2D eigenvalue weighted by molar-refractivity contribution is -0.131. The maximum atomic E-state index is 11.2. The summed E-state index contributed by atoms with van der Waals surface area (Å²) in [5.74, 6) is 0.251. The van der Waals surface area contributed by atoms with Crippen molar-refractivity contribution >= 4 is 17.1 Å². The molecule has 0 aromatic heterocycles. The Morgan fingerprint density at radius 1 is 0.731 bits per heavy atom. The van der Waals surface area contributed by atoms with E-state index in [1.54, 1.807) is 0 Å². The van der Waals surface area contributed by atoms with E-state index < -0.39 is 0 Å². The molecule has 0 atom stereocenters.